The summed E-state index contributed by atoms with van der Waals surface area (Å²) in [5.41, 5.74) is 3.66. The number of rotatable bonds is 2. The van der Waals surface area contributed by atoms with Crippen molar-refractivity contribution >= 4 is 0 Å². The summed E-state index contributed by atoms with van der Waals surface area (Å²) in [5, 5.41) is 3.36. The molecule has 0 radical (unpaired) electrons. The molecular weight excluding hydrogens is 226 g/mol. The Bertz CT molecular complexity index is 557. The Morgan fingerprint density at radius 3 is 2.78 bits per heavy atom. The quantitative estimate of drug-likeness (QED) is 0.874. The number of nitrogens with one attached hydrogen (secondary N) is 1. The molecule has 0 spiro atoms. The lowest BCUT2D eigenvalue weighted by Gasteiger charge is -2.16. The molecule has 0 saturated carbocycles. The molecule has 4 heteroatoms. The van der Waals surface area contributed by atoms with Crippen molar-refractivity contribution in [1.82, 2.24) is 14.9 Å². The van der Waals surface area contributed by atoms with E-state index in [1.165, 1.54) is 11.4 Å². The molecule has 18 heavy (non-hydrogen) atoms. The van der Waals surface area contributed by atoms with E-state index in [0.717, 1.165) is 36.8 Å². The molecule has 1 aromatic carbocycles. The van der Waals surface area contributed by atoms with Gasteiger partial charge in [0.25, 0.3) is 0 Å². The van der Waals surface area contributed by atoms with E-state index in [9.17, 15) is 0 Å². The first kappa shape index (κ1) is 11.3. The van der Waals surface area contributed by atoms with Crippen molar-refractivity contribution < 1.29 is 4.74 Å². The monoisotopic (exact) mass is 243 g/mol. The van der Waals surface area contributed by atoms with Crippen molar-refractivity contribution in [2.75, 3.05) is 13.7 Å². The predicted octanol–water partition coefficient (Wildman–Crippen LogP) is 1.84. The van der Waals surface area contributed by atoms with Crippen molar-refractivity contribution in [1.29, 1.82) is 0 Å². The third kappa shape index (κ3) is 1.78. The number of nitrogens with zero attached hydrogens (tertiary/aromatic N) is 2. The van der Waals surface area contributed by atoms with Gasteiger partial charge < -0.3 is 14.6 Å². The highest BCUT2D eigenvalue weighted by molar-refractivity contribution is 5.41. The van der Waals surface area contributed by atoms with Gasteiger partial charge in [0.05, 0.1) is 12.8 Å². The molecule has 94 valence electrons. The number of hydrogen-bond donors (Lipinski definition) is 1. The molecule has 0 amide bonds. The van der Waals surface area contributed by atoms with Crippen LogP contribution >= 0.6 is 0 Å². The predicted molar refractivity (Wildman–Crippen MR) is 70.3 cm³/mol. The number of fused-ring (bicyclic) bond motifs is 1. The number of benzene rings is 1. The molecule has 2 heterocycles. The van der Waals surface area contributed by atoms with E-state index in [1.807, 2.05) is 12.1 Å². The summed E-state index contributed by atoms with van der Waals surface area (Å²) < 4.78 is 7.44. The average Bonchev–Trinajstić information content (AvgIpc) is 2.75. The van der Waals surface area contributed by atoms with E-state index in [-0.39, 0.29) is 0 Å². The molecule has 0 unspecified atom stereocenters. The van der Waals surface area contributed by atoms with Crippen molar-refractivity contribution in [3.63, 3.8) is 0 Å². The largest absolute Gasteiger partial charge is 0.497 e. The Labute approximate surface area is 107 Å². The molecule has 0 saturated heterocycles. The van der Waals surface area contributed by atoms with Crippen LogP contribution in [0.5, 0.6) is 5.75 Å². The first-order valence-corrected chi connectivity index (χ1v) is 6.22. The van der Waals surface area contributed by atoms with Crippen LogP contribution in [-0.2, 0) is 13.0 Å². The van der Waals surface area contributed by atoms with Gasteiger partial charge in [0, 0.05) is 30.9 Å². The fourth-order valence-electron chi connectivity index (χ4n) is 2.52. The summed E-state index contributed by atoms with van der Waals surface area (Å²) >= 11 is 0. The molecule has 0 fully saturated rings. The SMILES string of the molecule is COc1ccc(-n2c(C)nc3c2CCNC3)cc1. The second-order valence-electron chi connectivity index (χ2n) is 4.51. The van der Waals surface area contributed by atoms with Crippen LogP contribution in [0.2, 0.25) is 0 Å². The highest BCUT2D eigenvalue weighted by atomic mass is 16.5. The second-order valence-corrected chi connectivity index (χ2v) is 4.51. The van der Waals surface area contributed by atoms with Gasteiger partial charge >= 0.3 is 0 Å². The van der Waals surface area contributed by atoms with E-state index in [1.54, 1.807) is 7.11 Å². The van der Waals surface area contributed by atoms with Gasteiger partial charge in [-0.15, -0.1) is 0 Å². The van der Waals surface area contributed by atoms with E-state index >= 15 is 0 Å². The zero-order valence-corrected chi connectivity index (χ0v) is 10.7. The van der Waals surface area contributed by atoms with Gasteiger partial charge in [-0.3, -0.25) is 0 Å². The Morgan fingerprint density at radius 2 is 2.06 bits per heavy atom. The zero-order valence-electron chi connectivity index (χ0n) is 10.7. The molecule has 1 aromatic heterocycles. The molecule has 0 atom stereocenters. The number of methoxy groups -OCH3 is 1. The summed E-state index contributed by atoms with van der Waals surface area (Å²) in [6.45, 7) is 3.95. The Kier molecular flexibility index (Phi) is 2.80. The summed E-state index contributed by atoms with van der Waals surface area (Å²) in [7, 11) is 1.69. The van der Waals surface area contributed by atoms with Crippen molar-refractivity contribution in [3.05, 3.63) is 41.5 Å². The normalized spacial score (nSPS) is 14.3. The maximum absolute atomic E-state index is 5.19. The third-order valence-corrected chi connectivity index (χ3v) is 3.39. The van der Waals surface area contributed by atoms with E-state index < -0.39 is 0 Å². The molecule has 1 aliphatic heterocycles. The maximum atomic E-state index is 5.19. The first-order chi connectivity index (χ1) is 8.79. The molecule has 3 rings (SSSR count). The van der Waals surface area contributed by atoms with Gasteiger partial charge in [-0.2, -0.15) is 0 Å². The van der Waals surface area contributed by atoms with E-state index in [0.29, 0.717) is 0 Å². The summed E-state index contributed by atoms with van der Waals surface area (Å²) in [6.07, 6.45) is 1.03. The third-order valence-electron chi connectivity index (χ3n) is 3.39. The standard InChI is InChI=1S/C14H17N3O/c1-10-16-13-9-15-8-7-14(13)17(10)11-3-5-12(18-2)6-4-11/h3-6,15H,7-9H2,1-2H3. The molecule has 0 bridgehead atoms. The van der Waals surface area contributed by atoms with Crippen LogP contribution in [-0.4, -0.2) is 23.2 Å². The lowest BCUT2D eigenvalue weighted by Crippen LogP contribution is -2.24. The summed E-state index contributed by atoms with van der Waals surface area (Å²) in [6, 6.07) is 8.14. The number of aromatic nitrogens is 2. The molecule has 0 aliphatic carbocycles. The van der Waals surface area contributed by atoms with Gasteiger partial charge in [0.2, 0.25) is 0 Å². The number of imidazole rings is 1. The fraction of sp³-hybridized carbons (Fsp3) is 0.357. The lowest BCUT2D eigenvalue weighted by molar-refractivity contribution is 0.414. The summed E-state index contributed by atoms with van der Waals surface area (Å²) in [4.78, 5) is 4.64. The van der Waals surface area contributed by atoms with E-state index in [4.69, 9.17) is 4.74 Å². The van der Waals surface area contributed by atoms with Crippen molar-refractivity contribution in [3.8, 4) is 11.4 Å². The number of hydrogen-bond acceptors (Lipinski definition) is 3. The molecule has 1 N–H and O–H groups in total. The Balaban J connectivity index is 2.07. The highest BCUT2D eigenvalue weighted by Gasteiger charge is 2.18. The van der Waals surface area contributed by atoms with E-state index in [2.05, 4.69) is 33.9 Å². The van der Waals surface area contributed by atoms with Crippen LogP contribution in [0.25, 0.3) is 5.69 Å². The van der Waals surface area contributed by atoms with Gasteiger partial charge in [-0.05, 0) is 31.2 Å². The fourth-order valence-corrected chi connectivity index (χ4v) is 2.52. The van der Waals surface area contributed by atoms with Gasteiger partial charge in [0.1, 0.15) is 11.6 Å². The summed E-state index contributed by atoms with van der Waals surface area (Å²) in [5.74, 6) is 1.93. The van der Waals surface area contributed by atoms with Crippen LogP contribution < -0.4 is 10.1 Å². The minimum Gasteiger partial charge on any atom is -0.497 e. The second kappa shape index (κ2) is 4.46. The number of aryl methyl sites for hydroxylation is 1. The molecule has 2 aromatic rings. The average molecular weight is 243 g/mol. The minimum absolute atomic E-state index is 0.874. The Morgan fingerprint density at radius 1 is 1.28 bits per heavy atom. The zero-order chi connectivity index (χ0) is 12.5. The van der Waals surface area contributed by atoms with Crippen molar-refractivity contribution in [2.24, 2.45) is 0 Å². The van der Waals surface area contributed by atoms with Crippen molar-refractivity contribution in [2.45, 2.75) is 19.9 Å². The van der Waals surface area contributed by atoms with Crippen LogP contribution in [0.4, 0.5) is 0 Å². The first-order valence-electron chi connectivity index (χ1n) is 6.22. The van der Waals surface area contributed by atoms with Gasteiger partial charge in [-0.1, -0.05) is 0 Å². The molecular formula is C14H17N3O. The van der Waals surface area contributed by atoms with Crippen LogP contribution in [0, 0.1) is 6.92 Å². The van der Waals surface area contributed by atoms with Gasteiger partial charge in [0.15, 0.2) is 0 Å². The topological polar surface area (TPSA) is 39.1 Å². The number of ether oxygens (including phenoxy) is 1. The molecule has 1 aliphatic rings. The van der Waals surface area contributed by atoms with Crippen LogP contribution in [0.1, 0.15) is 17.2 Å². The Hall–Kier alpha value is -1.81. The molecule has 4 nitrogen and oxygen atoms in total. The smallest absolute Gasteiger partial charge is 0.119 e. The maximum Gasteiger partial charge on any atom is 0.119 e. The lowest BCUT2D eigenvalue weighted by atomic mass is 10.1. The van der Waals surface area contributed by atoms with Crippen LogP contribution in [0.3, 0.4) is 0 Å². The highest BCUT2D eigenvalue weighted by Crippen LogP contribution is 2.22. The van der Waals surface area contributed by atoms with Crippen LogP contribution in [0.15, 0.2) is 24.3 Å². The minimum atomic E-state index is 0.874. The van der Waals surface area contributed by atoms with Gasteiger partial charge in [-0.25, -0.2) is 4.98 Å².